The van der Waals surface area contributed by atoms with Crippen molar-refractivity contribution in [1.29, 1.82) is 0 Å². The van der Waals surface area contributed by atoms with E-state index < -0.39 is 0 Å². The number of hydrogen-bond donors (Lipinski definition) is 1. The molecule has 0 heterocycles. The summed E-state index contributed by atoms with van der Waals surface area (Å²) in [5.74, 6) is 2.31. The Morgan fingerprint density at radius 2 is 1.71 bits per heavy atom. The molecule has 1 N–H and O–H groups in total. The molecule has 0 aliphatic heterocycles. The van der Waals surface area contributed by atoms with Crippen LogP contribution < -0.4 is 0 Å². The lowest BCUT2D eigenvalue weighted by atomic mass is 10.0. The van der Waals surface area contributed by atoms with Crippen molar-refractivity contribution in [2.45, 2.75) is 45.1 Å². The molecule has 2 saturated carbocycles. The summed E-state index contributed by atoms with van der Waals surface area (Å²) in [5, 5.41) is 10.3. The van der Waals surface area contributed by atoms with Crippen molar-refractivity contribution >= 4 is 0 Å². The van der Waals surface area contributed by atoms with E-state index >= 15 is 0 Å². The Balaban J connectivity index is 1.60. The maximum Gasteiger partial charge on any atom is 0.0614 e. The van der Waals surface area contributed by atoms with E-state index in [4.69, 9.17) is 0 Å². The zero-order valence-corrected chi connectivity index (χ0v) is 10.6. The maximum absolute atomic E-state index is 10.3. The monoisotopic (exact) mass is 230 g/mol. The zero-order chi connectivity index (χ0) is 11.8. The molecule has 92 valence electrons. The summed E-state index contributed by atoms with van der Waals surface area (Å²) >= 11 is 0. The minimum absolute atomic E-state index is 0.106. The van der Waals surface area contributed by atoms with Gasteiger partial charge in [0.15, 0.2) is 0 Å². The van der Waals surface area contributed by atoms with Crippen molar-refractivity contribution in [3.63, 3.8) is 0 Å². The number of aliphatic hydroxyl groups excluding tert-OH is 1. The van der Waals surface area contributed by atoms with Crippen molar-refractivity contribution in [3.8, 4) is 0 Å². The molecule has 0 aromatic heterocycles. The summed E-state index contributed by atoms with van der Waals surface area (Å²) in [6.07, 6.45) is 6.23. The van der Waals surface area contributed by atoms with Crippen LogP contribution in [0.1, 0.15) is 36.8 Å². The number of benzene rings is 1. The van der Waals surface area contributed by atoms with Crippen LogP contribution in [0, 0.1) is 24.7 Å². The van der Waals surface area contributed by atoms with E-state index in [9.17, 15) is 5.11 Å². The Hall–Kier alpha value is -0.820. The van der Waals surface area contributed by atoms with E-state index in [0.717, 1.165) is 18.3 Å². The largest absolute Gasteiger partial charge is 0.392 e. The second kappa shape index (κ2) is 4.45. The lowest BCUT2D eigenvalue weighted by molar-refractivity contribution is 0.140. The first-order valence-corrected chi connectivity index (χ1v) is 6.99. The van der Waals surface area contributed by atoms with Gasteiger partial charge in [-0.05, 0) is 49.5 Å². The molecular formula is C16H22O. The fourth-order valence-electron chi connectivity index (χ4n) is 3.72. The SMILES string of the molecule is Cc1ccc(CC(O)C2C3CCCCC32)cc1. The first-order chi connectivity index (χ1) is 8.25. The molecule has 3 rings (SSSR count). The molecule has 0 amide bonds. The van der Waals surface area contributed by atoms with E-state index in [1.807, 2.05) is 0 Å². The van der Waals surface area contributed by atoms with Gasteiger partial charge in [0.05, 0.1) is 6.10 Å². The highest BCUT2D eigenvalue weighted by Gasteiger charge is 2.53. The summed E-state index contributed by atoms with van der Waals surface area (Å²) < 4.78 is 0. The Bertz CT molecular complexity index is 369. The van der Waals surface area contributed by atoms with Gasteiger partial charge in [0.2, 0.25) is 0 Å². The number of aryl methyl sites for hydroxylation is 1. The highest BCUT2D eigenvalue weighted by atomic mass is 16.3. The van der Waals surface area contributed by atoms with Crippen LogP contribution in [-0.2, 0) is 6.42 Å². The molecule has 1 heteroatoms. The second-order valence-electron chi connectivity index (χ2n) is 5.95. The number of fused-ring (bicyclic) bond motifs is 1. The quantitative estimate of drug-likeness (QED) is 0.844. The third-order valence-corrected chi connectivity index (χ3v) is 4.73. The molecule has 2 aliphatic carbocycles. The molecule has 0 saturated heterocycles. The predicted molar refractivity (Wildman–Crippen MR) is 69.8 cm³/mol. The fourth-order valence-corrected chi connectivity index (χ4v) is 3.72. The van der Waals surface area contributed by atoms with Crippen molar-refractivity contribution in [3.05, 3.63) is 35.4 Å². The van der Waals surface area contributed by atoms with Crippen LogP contribution in [0.2, 0.25) is 0 Å². The van der Waals surface area contributed by atoms with E-state index in [1.165, 1.54) is 36.8 Å². The Labute approximate surface area is 104 Å². The summed E-state index contributed by atoms with van der Waals surface area (Å²) in [4.78, 5) is 0. The smallest absolute Gasteiger partial charge is 0.0614 e. The third-order valence-electron chi connectivity index (χ3n) is 4.73. The van der Waals surface area contributed by atoms with Gasteiger partial charge in [0.25, 0.3) is 0 Å². The zero-order valence-electron chi connectivity index (χ0n) is 10.6. The number of hydrogen-bond acceptors (Lipinski definition) is 1. The van der Waals surface area contributed by atoms with Gasteiger partial charge in [0, 0.05) is 0 Å². The molecule has 0 bridgehead atoms. The van der Waals surface area contributed by atoms with Crippen molar-refractivity contribution < 1.29 is 5.11 Å². The molecule has 2 fully saturated rings. The number of rotatable bonds is 3. The van der Waals surface area contributed by atoms with Gasteiger partial charge < -0.3 is 5.11 Å². The minimum Gasteiger partial charge on any atom is -0.392 e. The minimum atomic E-state index is -0.106. The van der Waals surface area contributed by atoms with Gasteiger partial charge >= 0.3 is 0 Å². The van der Waals surface area contributed by atoms with Gasteiger partial charge in [0.1, 0.15) is 0 Å². The van der Waals surface area contributed by atoms with Gasteiger partial charge in [-0.2, -0.15) is 0 Å². The summed E-state index contributed by atoms with van der Waals surface area (Å²) in [5.41, 5.74) is 2.58. The second-order valence-corrected chi connectivity index (χ2v) is 5.95. The topological polar surface area (TPSA) is 20.2 Å². The van der Waals surface area contributed by atoms with Crippen molar-refractivity contribution in [2.24, 2.45) is 17.8 Å². The normalized spacial score (nSPS) is 32.9. The third kappa shape index (κ3) is 2.26. The van der Waals surface area contributed by atoms with Crippen LogP contribution >= 0.6 is 0 Å². The Kier molecular flexibility index (Phi) is 2.96. The summed E-state index contributed by atoms with van der Waals surface area (Å²) in [6.45, 7) is 2.11. The molecule has 17 heavy (non-hydrogen) atoms. The molecule has 1 aromatic carbocycles. The molecule has 0 radical (unpaired) electrons. The van der Waals surface area contributed by atoms with Gasteiger partial charge in [-0.3, -0.25) is 0 Å². The van der Waals surface area contributed by atoms with Crippen molar-refractivity contribution in [2.75, 3.05) is 0 Å². The van der Waals surface area contributed by atoms with E-state index in [1.54, 1.807) is 0 Å². The summed E-state index contributed by atoms with van der Waals surface area (Å²) in [6, 6.07) is 8.60. The van der Waals surface area contributed by atoms with Crippen LogP contribution in [0.25, 0.3) is 0 Å². The molecule has 3 atom stereocenters. The highest BCUT2D eigenvalue weighted by molar-refractivity contribution is 5.22. The van der Waals surface area contributed by atoms with E-state index in [2.05, 4.69) is 31.2 Å². The molecule has 0 spiro atoms. The predicted octanol–water partition coefficient (Wildman–Crippen LogP) is 3.33. The average Bonchev–Trinajstić information content (AvgIpc) is 3.06. The van der Waals surface area contributed by atoms with Crippen LogP contribution in [0.15, 0.2) is 24.3 Å². The molecule has 1 aromatic rings. The first-order valence-electron chi connectivity index (χ1n) is 6.99. The highest BCUT2D eigenvalue weighted by Crippen LogP contribution is 2.57. The van der Waals surface area contributed by atoms with Crippen LogP contribution in [0.4, 0.5) is 0 Å². The molecule has 3 unspecified atom stereocenters. The summed E-state index contributed by atoms with van der Waals surface area (Å²) in [7, 11) is 0. The van der Waals surface area contributed by atoms with Gasteiger partial charge in [-0.25, -0.2) is 0 Å². The molecule has 1 nitrogen and oxygen atoms in total. The van der Waals surface area contributed by atoms with E-state index in [-0.39, 0.29) is 6.10 Å². The van der Waals surface area contributed by atoms with Crippen LogP contribution in [-0.4, -0.2) is 11.2 Å². The number of aliphatic hydroxyl groups is 1. The average molecular weight is 230 g/mol. The van der Waals surface area contributed by atoms with Crippen LogP contribution in [0.5, 0.6) is 0 Å². The molecule has 2 aliphatic rings. The standard InChI is InChI=1S/C16H22O/c1-11-6-8-12(9-7-11)10-15(17)16-13-4-2-3-5-14(13)16/h6-9,13-17H,2-5,10H2,1H3. The van der Waals surface area contributed by atoms with Crippen molar-refractivity contribution in [1.82, 2.24) is 0 Å². The molecular weight excluding hydrogens is 208 g/mol. The lowest BCUT2D eigenvalue weighted by Crippen LogP contribution is -2.15. The fraction of sp³-hybridized carbons (Fsp3) is 0.625. The van der Waals surface area contributed by atoms with Gasteiger partial charge in [-0.15, -0.1) is 0 Å². The van der Waals surface area contributed by atoms with Gasteiger partial charge in [-0.1, -0.05) is 42.7 Å². The Morgan fingerprint density at radius 1 is 1.12 bits per heavy atom. The first kappa shape index (κ1) is 11.3. The lowest BCUT2D eigenvalue weighted by Gasteiger charge is -2.10. The van der Waals surface area contributed by atoms with E-state index in [0.29, 0.717) is 5.92 Å². The van der Waals surface area contributed by atoms with Crippen LogP contribution in [0.3, 0.4) is 0 Å². The maximum atomic E-state index is 10.3. The Morgan fingerprint density at radius 3 is 2.29 bits per heavy atom.